The van der Waals surface area contributed by atoms with Crippen LogP contribution in [0.5, 0.6) is 5.75 Å². The molecule has 0 amide bonds. The Morgan fingerprint density at radius 1 is 0.975 bits per heavy atom. The summed E-state index contributed by atoms with van der Waals surface area (Å²) in [6.07, 6.45) is -4.40. The van der Waals surface area contributed by atoms with Gasteiger partial charge in [0.25, 0.3) is 0 Å². The van der Waals surface area contributed by atoms with Crippen molar-refractivity contribution in [2.45, 2.75) is 45.3 Å². The molecule has 0 fully saturated rings. The fraction of sp³-hybridized carbons (Fsp3) is 0.267. The predicted octanol–water partition coefficient (Wildman–Crippen LogP) is 7.14. The van der Waals surface area contributed by atoms with Crippen molar-refractivity contribution in [1.82, 2.24) is 14.7 Å². The number of hydrogen-bond acceptors (Lipinski definition) is 4. The van der Waals surface area contributed by atoms with E-state index in [1.54, 1.807) is 12.1 Å². The van der Waals surface area contributed by atoms with Gasteiger partial charge in [-0.2, -0.15) is 18.3 Å². The van der Waals surface area contributed by atoms with Crippen LogP contribution in [0.15, 0.2) is 78.9 Å². The lowest BCUT2D eigenvalue weighted by atomic mass is 10.1. The van der Waals surface area contributed by atoms with Gasteiger partial charge < -0.3 is 9.84 Å². The lowest BCUT2D eigenvalue weighted by molar-refractivity contribution is -0.152. The minimum Gasteiger partial charge on any atom is -0.478 e. The zero-order valence-electron chi connectivity index (χ0n) is 22.2. The highest BCUT2D eigenvalue weighted by Crippen LogP contribution is 2.32. The number of halogens is 4. The summed E-state index contributed by atoms with van der Waals surface area (Å²) in [5, 5.41) is 14.3. The predicted molar refractivity (Wildman–Crippen MR) is 147 cm³/mol. The number of nitrogens with zero attached hydrogens (tertiary/aromatic N) is 3. The fourth-order valence-corrected chi connectivity index (χ4v) is 4.38. The van der Waals surface area contributed by atoms with Gasteiger partial charge in [0.15, 0.2) is 5.60 Å². The Balaban J connectivity index is 1.54. The molecular formula is C30H29ClF3N3O3. The number of alkyl halides is 3. The van der Waals surface area contributed by atoms with E-state index in [9.17, 15) is 23.1 Å². The molecule has 0 saturated heterocycles. The van der Waals surface area contributed by atoms with Crippen LogP contribution in [0.25, 0.3) is 11.3 Å². The molecule has 0 radical (unpaired) electrons. The van der Waals surface area contributed by atoms with Gasteiger partial charge in [-0.05, 0) is 62.4 Å². The molecule has 0 aliphatic rings. The van der Waals surface area contributed by atoms with Crippen LogP contribution >= 0.6 is 11.6 Å². The highest BCUT2D eigenvalue weighted by atomic mass is 35.5. The number of aromatic nitrogens is 2. The number of benzene rings is 3. The van der Waals surface area contributed by atoms with Crippen molar-refractivity contribution in [3.05, 3.63) is 106 Å². The van der Waals surface area contributed by atoms with E-state index in [-0.39, 0.29) is 5.75 Å². The second kappa shape index (κ2) is 11.7. The highest BCUT2D eigenvalue weighted by molar-refractivity contribution is 6.32. The Hall–Kier alpha value is -3.82. The Kier molecular flexibility index (Phi) is 8.56. The van der Waals surface area contributed by atoms with Crippen LogP contribution in [0.1, 0.15) is 36.2 Å². The molecular weight excluding hydrogens is 543 g/mol. The second-order valence-electron chi connectivity index (χ2n) is 10.1. The van der Waals surface area contributed by atoms with Crippen LogP contribution in [-0.4, -0.2) is 38.4 Å². The van der Waals surface area contributed by atoms with E-state index in [4.69, 9.17) is 21.4 Å². The second-order valence-corrected chi connectivity index (χ2v) is 10.5. The van der Waals surface area contributed by atoms with Crippen molar-refractivity contribution in [2.75, 3.05) is 7.05 Å². The molecule has 3 aromatic carbocycles. The van der Waals surface area contributed by atoms with E-state index >= 15 is 0 Å². The normalized spacial score (nSPS) is 12.1. The summed E-state index contributed by atoms with van der Waals surface area (Å²) in [4.78, 5) is 13.4. The monoisotopic (exact) mass is 571 g/mol. The van der Waals surface area contributed by atoms with E-state index in [0.717, 1.165) is 29.0 Å². The highest BCUT2D eigenvalue weighted by Gasteiger charge is 2.31. The van der Waals surface area contributed by atoms with E-state index in [2.05, 4.69) is 4.90 Å². The van der Waals surface area contributed by atoms with Crippen LogP contribution in [-0.2, 0) is 30.6 Å². The molecule has 0 bridgehead atoms. The van der Waals surface area contributed by atoms with Crippen LogP contribution in [0.4, 0.5) is 13.2 Å². The average Bonchev–Trinajstić information content (AvgIpc) is 3.27. The molecule has 6 nitrogen and oxygen atoms in total. The van der Waals surface area contributed by atoms with Crippen molar-refractivity contribution in [3.8, 4) is 17.0 Å². The number of hydrogen-bond donors (Lipinski definition) is 1. The van der Waals surface area contributed by atoms with Crippen LogP contribution in [0.3, 0.4) is 0 Å². The third kappa shape index (κ3) is 7.22. The minimum atomic E-state index is -4.40. The quantitative estimate of drug-likeness (QED) is 0.219. The fourth-order valence-electron chi connectivity index (χ4n) is 4.14. The standard InChI is InChI=1S/C30H29ClF3N3O3/c1-29(2,28(38)39)40-27-14-9-21(15-25(27)31)17-36(3)19-24-16-26(22-10-12-23(13-11-22)30(32,33)34)35-37(24)18-20-7-5-4-6-8-20/h4-16H,17-19H2,1-3H3,(H,38,39). The van der Waals surface area contributed by atoms with Crippen molar-refractivity contribution >= 4 is 17.6 Å². The molecule has 1 N–H and O–H groups in total. The van der Waals surface area contributed by atoms with Crippen LogP contribution in [0.2, 0.25) is 5.02 Å². The summed E-state index contributed by atoms with van der Waals surface area (Å²) in [6, 6.07) is 21.9. The van der Waals surface area contributed by atoms with Gasteiger partial charge in [0.05, 0.1) is 28.5 Å². The smallest absolute Gasteiger partial charge is 0.416 e. The van der Waals surface area contributed by atoms with Crippen LogP contribution < -0.4 is 4.74 Å². The summed E-state index contributed by atoms with van der Waals surface area (Å²) < 4.78 is 46.6. The average molecular weight is 572 g/mol. The number of carboxylic acids is 1. The van der Waals surface area contributed by atoms with Gasteiger partial charge in [0.2, 0.25) is 0 Å². The first-order chi connectivity index (χ1) is 18.8. The maximum Gasteiger partial charge on any atom is 0.416 e. The first-order valence-corrected chi connectivity index (χ1v) is 12.9. The molecule has 0 aliphatic carbocycles. The lowest BCUT2D eigenvalue weighted by Gasteiger charge is -2.23. The van der Waals surface area contributed by atoms with Gasteiger partial charge in [-0.25, -0.2) is 4.79 Å². The number of aliphatic carboxylic acids is 1. The Labute approximate surface area is 235 Å². The minimum absolute atomic E-state index is 0.280. The maximum atomic E-state index is 13.0. The topological polar surface area (TPSA) is 67.6 Å². The SMILES string of the molecule is CN(Cc1ccc(OC(C)(C)C(=O)O)c(Cl)c1)Cc1cc(-c2ccc(C(F)(F)F)cc2)nn1Cc1ccccc1. The molecule has 0 aliphatic heterocycles. The van der Waals surface area contributed by atoms with Crippen molar-refractivity contribution in [3.63, 3.8) is 0 Å². The molecule has 1 aromatic heterocycles. The molecule has 1 heterocycles. The molecule has 0 atom stereocenters. The van der Waals surface area contributed by atoms with Gasteiger partial charge >= 0.3 is 12.1 Å². The molecule has 4 aromatic rings. The van der Waals surface area contributed by atoms with Crippen LogP contribution in [0, 0.1) is 0 Å². The van der Waals surface area contributed by atoms with Crippen molar-refractivity contribution in [2.24, 2.45) is 0 Å². The zero-order chi connectivity index (χ0) is 29.1. The van der Waals surface area contributed by atoms with E-state index in [1.807, 2.05) is 54.2 Å². The van der Waals surface area contributed by atoms with Gasteiger partial charge in [-0.1, -0.05) is 60.1 Å². The summed E-state index contributed by atoms with van der Waals surface area (Å²) in [7, 11) is 1.93. The molecule has 40 heavy (non-hydrogen) atoms. The first-order valence-electron chi connectivity index (χ1n) is 12.5. The molecule has 0 spiro atoms. The Morgan fingerprint density at radius 2 is 1.65 bits per heavy atom. The lowest BCUT2D eigenvalue weighted by Crippen LogP contribution is -2.37. The van der Waals surface area contributed by atoms with Gasteiger partial charge in [0, 0.05) is 18.7 Å². The van der Waals surface area contributed by atoms with Crippen molar-refractivity contribution < 1.29 is 27.8 Å². The van der Waals surface area contributed by atoms with E-state index in [0.29, 0.717) is 35.9 Å². The number of carbonyl (C=O) groups is 1. The number of ether oxygens (including phenoxy) is 1. The Morgan fingerprint density at radius 3 is 2.25 bits per heavy atom. The van der Waals surface area contributed by atoms with E-state index < -0.39 is 23.3 Å². The molecule has 4 rings (SSSR count). The summed E-state index contributed by atoms with van der Waals surface area (Å²) >= 11 is 6.39. The Bertz CT molecular complexity index is 1470. The zero-order valence-corrected chi connectivity index (χ0v) is 23.0. The number of rotatable bonds is 10. The summed E-state index contributed by atoms with van der Waals surface area (Å²) in [6.45, 7) is 4.43. The number of carboxylic acid groups (broad SMARTS) is 1. The van der Waals surface area contributed by atoms with Crippen molar-refractivity contribution in [1.29, 1.82) is 0 Å². The van der Waals surface area contributed by atoms with Gasteiger partial charge in [-0.3, -0.25) is 9.58 Å². The molecule has 210 valence electrons. The maximum absolute atomic E-state index is 13.0. The van der Waals surface area contributed by atoms with E-state index in [1.165, 1.54) is 26.0 Å². The largest absolute Gasteiger partial charge is 0.478 e. The molecule has 0 unspecified atom stereocenters. The summed E-state index contributed by atoms with van der Waals surface area (Å²) in [5.74, 6) is -0.822. The van der Waals surface area contributed by atoms with Gasteiger partial charge in [0.1, 0.15) is 5.75 Å². The van der Waals surface area contributed by atoms with Gasteiger partial charge in [-0.15, -0.1) is 0 Å². The third-order valence-corrected chi connectivity index (χ3v) is 6.60. The third-order valence-electron chi connectivity index (χ3n) is 6.31. The first kappa shape index (κ1) is 29.2. The molecule has 10 heteroatoms. The molecule has 0 saturated carbocycles. The summed E-state index contributed by atoms with van der Waals surface area (Å²) in [5.41, 5.74) is 1.86.